The van der Waals surface area contributed by atoms with Crippen molar-refractivity contribution in [1.29, 1.82) is 0 Å². The van der Waals surface area contributed by atoms with Gasteiger partial charge in [-0.1, -0.05) is 5.16 Å². The minimum absolute atomic E-state index is 0.221. The molecule has 1 amide bonds. The van der Waals surface area contributed by atoms with Crippen LogP contribution in [-0.4, -0.2) is 21.0 Å². The molecule has 3 aromatic rings. The summed E-state index contributed by atoms with van der Waals surface area (Å²) in [5.74, 6) is 1.04. The molecule has 6 nitrogen and oxygen atoms in total. The van der Waals surface area contributed by atoms with E-state index in [0.717, 1.165) is 39.7 Å². The lowest BCUT2D eigenvalue weighted by molar-refractivity contribution is 0.0942. The van der Waals surface area contributed by atoms with Crippen LogP contribution >= 0.6 is 11.3 Å². The van der Waals surface area contributed by atoms with Gasteiger partial charge in [0.1, 0.15) is 10.8 Å². The third-order valence-electron chi connectivity index (χ3n) is 3.95. The average molecular weight is 340 g/mol. The normalized spacial score (nSPS) is 13.9. The van der Waals surface area contributed by atoms with Gasteiger partial charge in [0.2, 0.25) is 0 Å². The lowest BCUT2D eigenvalue weighted by atomic mass is 10.3. The number of amides is 1. The molecule has 0 unspecified atom stereocenters. The highest BCUT2D eigenvalue weighted by Crippen LogP contribution is 2.40. The minimum atomic E-state index is -0.221. The highest BCUT2D eigenvalue weighted by Gasteiger charge is 2.28. The van der Waals surface area contributed by atoms with E-state index in [1.807, 2.05) is 19.1 Å². The van der Waals surface area contributed by atoms with Crippen molar-refractivity contribution >= 4 is 17.2 Å². The molecule has 3 heterocycles. The summed E-state index contributed by atoms with van der Waals surface area (Å²) >= 11 is 1.56. The zero-order valence-corrected chi connectivity index (χ0v) is 14.0. The van der Waals surface area contributed by atoms with E-state index in [4.69, 9.17) is 4.52 Å². The van der Waals surface area contributed by atoms with E-state index in [-0.39, 0.29) is 5.91 Å². The number of nitrogens with one attached hydrogen (secondary N) is 1. The van der Waals surface area contributed by atoms with Gasteiger partial charge in [-0.2, -0.15) is 0 Å². The second kappa shape index (κ2) is 6.16. The van der Waals surface area contributed by atoms with Crippen molar-refractivity contribution in [2.75, 3.05) is 0 Å². The molecule has 1 aliphatic rings. The Bertz CT molecular complexity index is 868. The van der Waals surface area contributed by atoms with Crippen molar-refractivity contribution in [3.63, 3.8) is 0 Å². The third kappa shape index (κ3) is 3.07. The van der Waals surface area contributed by atoms with Crippen molar-refractivity contribution in [2.24, 2.45) is 0 Å². The summed E-state index contributed by atoms with van der Waals surface area (Å²) in [6.45, 7) is 2.37. The van der Waals surface area contributed by atoms with Crippen molar-refractivity contribution in [3.05, 3.63) is 52.6 Å². The van der Waals surface area contributed by atoms with E-state index in [0.29, 0.717) is 18.2 Å². The number of aromatic nitrogens is 3. The van der Waals surface area contributed by atoms with Crippen LogP contribution in [0.4, 0.5) is 0 Å². The van der Waals surface area contributed by atoms with Crippen molar-refractivity contribution in [2.45, 2.75) is 32.2 Å². The van der Waals surface area contributed by atoms with E-state index >= 15 is 0 Å². The van der Waals surface area contributed by atoms with Crippen molar-refractivity contribution in [3.8, 4) is 10.6 Å². The van der Waals surface area contributed by atoms with Gasteiger partial charge < -0.3 is 9.84 Å². The molecule has 0 bridgehead atoms. The molecule has 0 spiro atoms. The molecular formula is C17H16N4O2S. The fourth-order valence-electron chi connectivity index (χ4n) is 2.41. The maximum atomic E-state index is 12.2. The summed E-state index contributed by atoms with van der Waals surface area (Å²) in [6, 6.07) is 5.60. The topological polar surface area (TPSA) is 80.9 Å². The molecule has 0 radical (unpaired) electrons. The fraction of sp³-hybridized carbons (Fsp3) is 0.294. The maximum absolute atomic E-state index is 12.2. The second-order valence-electron chi connectivity index (χ2n) is 5.84. The Hall–Kier alpha value is -2.54. The first kappa shape index (κ1) is 15.0. The third-order valence-corrected chi connectivity index (χ3v) is 5.16. The smallest absolute Gasteiger partial charge is 0.273 e. The number of hydrogen-bond donors (Lipinski definition) is 1. The number of carbonyl (C=O) groups excluding carboxylic acids is 1. The number of nitrogens with zero attached hydrogens (tertiary/aromatic N) is 3. The second-order valence-corrected chi connectivity index (χ2v) is 6.92. The monoisotopic (exact) mass is 340 g/mol. The number of pyridine rings is 1. The van der Waals surface area contributed by atoms with Gasteiger partial charge >= 0.3 is 0 Å². The largest absolute Gasteiger partial charge is 0.360 e. The van der Waals surface area contributed by atoms with E-state index < -0.39 is 0 Å². The van der Waals surface area contributed by atoms with Gasteiger partial charge in [0.25, 0.3) is 5.91 Å². The Labute approximate surface area is 142 Å². The van der Waals surface area contributed by atoms with Gasteiger partial charge in [0, 0.05) is 34.8 Å². The molecule has 1 saturated carbocycles. The molecular weight excluding hydrogens is 324 g/mol. The van der Waals surface area contributed by atoms with Gasteiger partial charge in [-0.05, 0) is 31.9 Å². The van der Waals surface area contributed by atoms with Gasteiger partial charge in [0.05, 0.1) is 12.2 Å². The Morgan fingerprint density at radius 1 is 1.46 bits per heavy atom. The van der Waals surface area contributed by atoms with Crippen LogP contribution in [0.3, 0.4) is 0 Å². The number of thiazole rings is 1. The highest BCUT2D eigenvalue weighted by molar-refractivity contribution is 7.15. The number of rotatable bonds is 5. The lowest BCUT2D eigenvalue weighted by Crippen LogP contribution is -2.22. The van der Waals surface area contributed by atoms with Gasteiger partial charge in [-0.3, -0.25) is 9.78 Å². The summed E-state index contributed by atoms with van der Waals surface area (Å²) in [6.07, 6.45) is 5.76. The SMILES string of the molecule is Cc1nc(-c2cccnc2)sc1CNC(=O)c1cc(C2CC2)on1. The van der Waals surface area contributed by atoms with Crippen LogP contribution in [0.25, 0.3) is 10.6 Å². The summed E-state index contributed by atoms with van der Waals surface area (Å²) < 4.78 is 5.22. The first-order valence-electron chi connectivity index (χ1n) is 7.82. The number of aryl methyl sites for hydroxylation is 1. The predicted molar refractivity (Wildman–Crippen MR) is 89.7 cm³/mol. The molecule has 0 aromatic carbocycles. The number of hydrogen-bond acceptors (Lipinski definition) is 6. The summed E-state index contributed by atoms with van der Waals surface area (Å²) in [7, 11) is 0. The van der Waals surface area contributed by atoms with Crippen molar-refractivity contribution < 1.29 is 9.32 Å². The zero-order valence-electron chi connectivity index (χ0n) is 13.2. The Kier molecular flexibility index (Phi) is 3.86. The van der Waals surface area contributed by atoms with Crippen LogP contribution in [0.5, 0.6) is 0 Å². The highest BCUT2D eigenvalue weighted by atomic mass is 32.1. The van der Waals surface area contributed by atoms with E-state index in [2.05, 4.69) is 20.4 Å². The molecule has 1 aliphatic carbocycles. The molecule has 7 heteroatoms. The van der Waals surface area contributed by atoms with Crippen LogP contribution in [-0.2, 0) is 6.54 Å². The first-order chi connectivity index (χ1) is 11.7. The standard InChI is InChI=1S/C17H16N4O2S/c1-10-15(24-17(20-10)12-3-2-6-18-8-12)9-19-16(22)13-7-14(23-21-13)11-4-5-11/h2-3,6-8,11H,4-5,9H2,1H3,(H,19,22). The predicted octanol–water partition coefficient (Wildman–Crippen LogP) is 3.31. The summed E-state index contributed by atoms with van der Waals surface area (Å²) in [5.41, 5.74) is 2.23. The van der Waals surface area contributed by atoms with Crippen LogP contribution < -0.4 is 5.32 Å². The minimum Gasteiger partial charge on any atom is -0.360 e. The first-order valence-corrected chi connectivity index (χ1v) is 8.64. The van der Waals surface area contributed by atoms with E-state index in [9.17, 15) is 4.79 Å². The molecule has 4 rings (SSSR count). The Balaban J connectivity index is 1.43. The summed E-state index contributed by atoms with van der Waals surface area (Å²) in [5, 5.41) is 7.65. The molecule has 1 fully saturated rings. The van der Waals surface area contributed by atoms with Gasteiger partial charge in [-0.15, -0.1) is 11.3 Å². The van der Waals surface area contributed by atoms with Crippen LogP contribution in [0, 0.1) is 6.92 Å². The van der Waals surface area contributed by atoms with Gasteiger partial charge in [0.15, 0.2) is 5.69 Å². The maximum Gasteiger partial charge on any atom is 0.273 e. The zero-order chi connectivity index (χ0) is 16.5. The Morgan fingerprint density at radius 2 is 2.33 bits per heavy atom. The molecule has 0 saturated heterocycles. The summed E-state index contributed by atoms with van der Waals surface area (Å²) in [4.78, 5) is 21.9. The molecule has 24 heavy (non-hydrogen) atoms. The molecule has 1 N–H and O–H groups in total. The molecule has 0 aliphatic heterocycles. The quantitative estimate of drug-likeness (QED) is 0.770. The van der Waals surface area contributed by atoms with Crippen LogP contribution in [0.2, 0.25) is 0 Å². The number of carbonyl (C=O) groups is 1. The molecule has 122 valence electrons. The van der Waals surface area contributed by atoms with Crippen LogP contribution in [0.15, 0.2) is 35.1 Å². The fourth-order valence-corrected chi connectivity index (χ4v) is 3.40. The van der Waals surface area contributed by atoms with E-state index in [1.54, 1.807) is 29.8 Å². The lowest BCUT2D eigenvalue weighted by Gasteiger charge is -2.00. The average Bonchev–Trinajstić information content (AvgIpc) is 3.22. The van der Waals surface area contributed by atoms with Gasteiger partial charge in [-0.25, -0.2) is 4.98 Å². The van der Waals surface area contributed by atoms with Crippen molar-refractivity contribution in [1.82, 2.24) is 20.4 Å². The van der Waals surface area contributed by atoms with E-state index in [1.165, 1.54) is 0 Å². The Morgan fingerprint density at radius 3 is 3.08 bits per heavy atom. The molecule has 0 atom stereocenters. The van der Waals surface area contributed by atoms with Crippen LogP contribution in [0.1, 0.15) is 45.6 Å². The molecule has 3 aromatic heterocycles.